The van der Waals surface area contributed by atoms with Crippen LogP contribution in [0.25, 0.3) is 28.2 Å². The van der Waals surface area contributed by atoms with Crippen molar-refractivity contribution in [2.45, 2.75) is 19.4 Å². The number of aromatic nitrogens is 5. The molecule has 0 saturated carbocycles. The van der Waals surface area contributed by atoms with E-state index < -0.39 is 6.29 Å². The van der Waals surface area contributed by atoms with Gasteiger partial charge in [0.25, 0.3) is 5.56 Å². The van der Waals surface area contributed by atoms with E-state index in [1.807, 2.05) is 30.3 Å². The van der Waals surface area contributed by atoms with Crippen molar-refractivity contribution in [2.75, 3.05) is 6.61 Å². The topological polar surface area (TPSA) is 118 Å². The predicted octanol–water partition coefficient (Wildman–Crippen LogP) is 0.714. The second kappa shape index (κ2) is 6.71. The van der Waals surface area contributed by atoms with E-state index in [2.05, 4.69) is 15.0 Å². The van der Waals surface area contributed by atoms with Gasteiger partial charge in [-0.3, -0.25) is 9.36 Å². The molecule has 0 aliphatic carbocycles. The van der Waals surface area contributed by atoms with Crippen LogP contribution in [0.2, 0.25) is 0 Å². The van der Waals surface area contributed by atoms with Crippen molar-refractivity contribution in [1.82, 2.24) is 23.9 Å². The first kappa shape index (κ1) is 16.5. The van der Waals surface area contributed by atoms with Gasteiger partial charge >= 0.3 is 0 Å². The summed E-state index contributed by atoms with van der Waals surface area (Å²) in [6, 6.07) is 9.62. The number of aliphatic hydroxyl groups excluding tert-OH is 2. The fourth-order valence-corrected chi connectivity index (χ4v) is 2.72. The molecule has 0 bridgehead atoms. The van der Waals surface area contributed by atoms with Gasteiger partial charge in [-0.05, 0) is 5.56 Å². The minimum absolute atomic E-state index is 0.0352. The van der Waals surface area contributed by atoms with Crippen LogP contribution in [-0.2, 0) is 11.5 Å². The van der Waals surface area contributed by atoms with Gasteiger partial charge in [-0.25, -0.2) is 9.38 Å². The Kier molecular flexibility index (Phi) is 4.25. The molecule has 3 N–H and O–H groups in total. The largest absolute Gasteiger partial charge is 0.396 e. The minimum Gasteiger partial charge on any atom is -0.396 e. The zero-order chi connectivity index (χ0) is 18.1. The minimum atomic E-state index is -1.10. The van der Waals surface area contributed by atoms with Gasteiger partial charge in [0.05, 0.1) is 12.0 Å². The van der Waals surface area contributed by atoms with Gasteiger partial charge < -0.3 is 19.9 Å². The number of nitrogens with one attached hydrogen (secondary N) is 1. The number of imidazole rings is 2. The number of aromatic amines is 1. The highest BCUT2D eigenvalue weighted by atomic mass is 16.6. The lowest BCUT2D eigenvalue weighted by atomic mass is 10.2. The van der Waals surface area contributed by atoms with E-state index in [4.69, 9.17) is 9.84 Å². The summed E-state index contributed by atoms with van der Waals surface area (Å²) in [7, 11) is 0. The molecule has 0 amide bonds. The van der Waals surface area contributed by atoms with Gasteiger partial charge in [0.1, 0.15) is 6.73 Å². The number of hydrogen-bond donors (Lipinski definition) is 3. The van der Waals surface area contributed by atoms with Crippen molar-refractivity contribution in [3.8, 4) is 11.3 Å². The van der Waals surface area contributed by atoms with Crippen molar-refractivity contribution in [3.05, 3.63) is 53.2 Å². The number of rotatable bonds is 6. The van der Waals surface area contributed by atoms with Crippen LogP contribution in [-0.4, -0.2) is 47.0 Å². The number of benzene rings is 1. The van der Waals surface area contributed by atoms with Crippen molar-refractivity contribution in [2.24, 2.45) is 0 Å². The third-order valence-electron chi connectivity index (χ3n) is 4.04. The van der Waals surface area contributed by atoms with E-state index >= 15 is 0 Å². The Balaban J connectivity index is 1.74. The van der Waals surface area contributed by atoms with E-state index in [0.717, 1.165) is 11.3 Å². The molecule has 0 spiro atoms. The molecule has 9 heteroatoms. The van der Waals surface area contributed by atoms with Gasteiger partial charge in [-0.1, -0.05) is 30.3 Å². The van der Waals surface area contributed by atoms with Crippen LogP contribution >= 0.6 is 0 Å². The van der Waals surface area contributed by atoms with Gasteiger partial charge in [0.15, 0.2) is 17.5 Å². The van der Waals surface area contributed by atoms with Crippen LogP contribution in [0.5, 0.6) is 0 Å². The van der Waals surface area contributed by atoms with E-state index in [1.54, 1.807) is 6.20 Å². The van der Waals surface area contributed by atoms with Crippen LogP contribution in [0.1, 0.15) is 6.42 Å². The Morgan fingerprint density at radius 1 is 1.27 bits per heavy atom. The zero-order valence-corrected chi connectivity index (χ0v) is 13.7. The second-order valence-electron chi connectivity index (χ2n) is 5.79. The van der Waals surface area contributed by atoms with Gasteiger partial charge in [0.2, 0.25) is 5.78 Å². The van der Waals surface area contributed by atoms with Gasteiger partial charge in [-0.2, -0.15) is 4.98 Å². The van der Waals surface area contributed by atoms with Crippen molar-refractivity contribution in [3.63, 3.8) is 0 Å². The number of H-pyrrole nitrogens is 1. The first-order valence-corrected chi connectivity index (χ1v) is 8.09. The van der Waals surface area contributed by atoms with Gasteiger partial charge in [0, 0.05) is 19.2 Å². The number of fused-ring (bicyclic) bond motifs is 2. The highest BCUT2D eigenvalue weighted by molar-refractivity contribution is 5.73. The summed E-state index contributed by atoms with van der Waals surface area (Å²) in [5, 5.41) is 18.4. The molecular weight excluding hydrogens is 338 g/mol. The highest BCUT2D eigenvalue weighted by Crippen LogP contribution is 2.18. The summed E-state index contributed by atoms with van der Waals surface area (Å²) < 4.78 is 8.17. The maximum atomic E-state index is 12.7. The standard InChI is InChI=1S/C17H17N5O4/c23-7-6-13(24)26-10-21-9-18-14-15(21)20-17-19-12(8-22(17)16(14)25)11-4-2-1-3-5-11/h1-5,8-9,13,23-24H,6-7,10H2,(H,19,20). The molecule has 0 aliphatic heterocycles. The van der Waals surface area contributed by atoms with Crippen LogP contribution in [0.4, 0.5) is 0 Å². The molecule has 134 valence electrons. The molecule has 4 rings (SSSR count). The lowest BCUT2D eigenvalue weighted by molar-refractivity contribution is -0.132. The third-order valence-corrected chi connectivity index (χ3v) is 4.04. The average Bonchev–Trinajstić information content (AvgIpc) is 3.26. The molecule has 1 unspecified atom stereocenters. The third kappa shape index (κ3) is 2.88. The normalized spacial score (nSPS) is 12.8. The molecule has 3 aromatic heterocycles. The molecule has 0 saturated heterocycles. The summed E-state index contributed by atoms with van der Waals surface area (Å²) in [6.45, 7) is -0.219. The van der Waals surface area contributed by atoms with E-state index in [9.17, 15) is 9.90 Å². The Morgan fingerprint density at radius 2 is 2.08 bits per heavy atom. The summed E-state index contributed by atoms with van der Waals surface area (Å²) in [5.41, 5.74) is 1.98. The smallest absolute Gasteiger partial charge is 0.287 e. The van der Waals surface area contributed by atoms with Crippen molar-refractivity contribution in [1.29, 1.82) is 0 Å². The first-order chi connectivity index (χ1) is 12.7. The van der Waals surface area contributed by atoms with Crippen molar-refractivity contribution >= 4 is 16.9 Å². The van der Waals surface area contributed by atoms with E-state index in [-0.39, 0.29) is 30.8 Å². The fraction of sp³-hybridized carbons (Fsp3) is 0.235. The lowest BCUT2D eigenvalue weighted by Crippen LogP contribution is -2.17. The second-order valence-corrected chi connectivity index (χ2v) is 5.79. The highest BCUT2D eigenvalue weighted by Gasteiger charge is 2.15. The van der Waals surface area contributed by atoms with Crippen LogP contribution in [0, 0.1) is 0 Å². The van der Waals surface area contributed by atoms with Crippen molar-refractivity contribution < 1.29 is 14.9 Å². The molecule has 0 fully saturated rings. The molecule has 9 nitrogen and oxygen atoms in total. The van der Waals surface area contributed by atoms with Gasteiger partial charge in [-0.15, -0.1) is 0 Å². The average molecular weight is 355 g/mol. The Morgan fingerprint density at radius 3 is 2.85 bits per heavy atom. The lowest BCUT2D eigenvalue weighted by Gasteiger charge is -2.10. The number of nitrogens with zero attached hydrogens (tertiary/aromatic N) is 4. The molecule has 0 radical (unpaired) electrons. The molecule has 26 heavy (non-hydrogen) atoms. The zero-order valence-electron chi connectivity index (χ0n) is 13.7. The molecular formula is C17H17N5O4. The summed E-state index contributed by atoms with van der Waals surface area (Å²) in [6.07, 6.45) is 2.13. The maximum absolute atomic E-state index is 12.7. The number of ether oxygens (including phenoxy) is 1. The fourth-order valence-electron chi connectivity index (χ4n) is 2.72. The Bertz CT molecular complexity index is 1100. The van der Waals surface area contributed by atoms with Crippen LogP contribution < -0.4 is 5.56 Å². The number of hydrogen-bond acceptors (Lipinski definition) is 6. The quantitative estimate of drug-likeness (QED) is 0.439. The molecule has 1 aromatic carbocycles. The Hall–Kier alpha value is -3.01. The Labute approximate surface area is 147 Å². The van der Waals surface area contributed by atoms with E-state index in [1.165, 1.54) is 15.3 Å². The summed E-state index contributed by atoms with van der Waals surface area (Å²) in [4.78, 5) is 24.4. The first-order valence-electron chi connectivity index (χ1n) is 8.09. The van der Waals surface area contributed by atoms with Crippen LogP contribution in [0.3, 0.4) is 0 Å². The summed E-state index contributed by atoms with van der Waals surface area (Å²) >= 11 is 0. The SMILES string of the molecule is O=c1c2ncn(COC(O)CCO)c2nc2[nH]c(-c3ccccc3)cn12. The van der Waals surface area contributed by atoms with Crippen LogP contribution in [0.15, 0.2) is 47.7 Å². The molecule has 0 aliphatic rings. The number of aliphatic hydroxyl groups is 2. The molecule has 4 aromatic rings. The monoisotopic (exact) mass is 355 g/mol. The summed E-state index contributed by atoms with van der Waals surface area (Å²) in [5.74, 6) is 0.388. The molecule has 1 atom stereocenters. The maximum Gasteiger partial charge on any atom is 0.287 e. The molecule has 3 heterocycles. The predicted molar refractivity (Wildman–Crippen MR) is 93.3 cm³/mol. The van der Waals surface area contributed by atoms with E-state index in [0.29, 0.717) is 11.4 Å².